The average Bonchev–Trinajstić information content (AvgIpc) is 2.49. The highest BCUT2D eigenvalue weighted by atomic mass is 127. The molecule has 0 fully saturated rings. The molecule has 2 aromatic carbocycles. The number of rotatable bonds is 3. The molecule has 0 unspecified atom stereocenters. The molecule has 1 heterocycles. The van der Waals surface area contributed by atoms with Crippen LogP contribution in [0.25, 0.3) is 10.8 Å². The van der Waals surface area contributed by atoms with E-state index in [9.17, 15) is 0 Å². The lowest BCUT2D eigenvalue weighted by atomic mass is 10.1. The largest absolute Gasteiger partial charge is 0.437 e. The van der Waals surface area contributed by atoms with Crippen molar-refractivity contribution in [2.75, 3.05) is 0 Å². The van der Waals surface area contributed by atoms with E-state index in [1.807, 2.05) is 54.6 Å². The molecule has 20 heavy (non-hydrogen) atoms. The minimum absolute atomic E-state index is 0.368. The summed E-state index contributed by atoms with van der Waals surface area (Å²) in [5.74, 6) is 1.77. The van der Waals surface area contributed by atoms with Crippen LogP contribution < -0.4 is 4.74 Å². The van der Waals surface area contributed by atoms with Gasteiger partial charge < -0.3 is 4.74 Å². The monoisotopic (exact) mass is 395 g/mol. The first-order valence-electron chi connectivity index (χ1n) is 6.15. The predicted octanol–water partition coefficient (Wildman–Crippen LogP) is 5.37. The molecule has 0 amide bonds. The minimum Gasteiger partial charge on any atom is -0.437 e. The third kappa shape index (κ3) is 2.74. The van der Waals surface area contributed by atoms with Crippen LogP contribution in [-0.2, 0) is 5.88 Å². The van der Waals surface area contributed by atoms with Gasteiger partial charge in [-0.1, -0.05) is 30.3 Å². The Labute approximate surface area is 135 Å². The zero-order valence-electron chi connectivity index (χ0n) is 10.5. The maximum atomic E-state index is 5.99. The molecule has 0 atom stereocenters. The van der Waals surface area contributed by atoms with Crippen molar-refractivity contribution in [3.05, 3.63) is 63.9 Å². The van der Waals surface area contributed by atoms with E-state index >= 15 is 0 Å². The summed E-state index contributed by atoms with van der Waals surface area (Å²) < 4.78 is 7.04. The maximum absolute atomic E-state index is 5.99. The van der Waals surface area contributed by atoms with Gasteiger partial charge >= 0.3 is 0 Å². The number of nitrogens with zero attached hydrogens (tertiary/aromatic N) is 1. The van der Waals surface area contributed by atoms with Crippen LogP contribution in [0.5, 0.6) is 11.6 Å². The molecular weight excluding hydrogens is 385 g/mol. The van der Waals surface area contributed by atoms with Crippen molar-refractivity contribution in [3.8, 4) is 11.6 Å². The van der Waals surface area contributed by atoms with Crippen molar-refractivity contribution < 1.29 is 4.74 Å². The highest BCUT2D eigenvalue weighted by molar-refractivity contribution is 14.1. The van der Waals surface area contributed by atoms with Crippen LogP contribution in [0.3, 0.4) is 0 Å². The normalized spacial score (nSPS) is 10.7. The van der Waals surface area contributed by atoms with Gasteiger partial charge in [-0.25, -0.2) is 4.98 Å². The van der Waals surface area contributed by atoms with Crippen molar-refractivity contribution in [1.29, 1.82) is 0 Å². The minimum atomic E-state index is 0.368. The second-order valence-electron chi connectivity index (χ2n) is 4.31. The third-order valence-electron chi connectivity index (χ3n) is 2.94. The van der Waals surface area contributed by atoms with Gasteiger partial charge in [0.2, 0.25) is 5.88 Å². The fraction of sp³-hybridized carbons (Fsp3) is 0.0625. The lowest BCUT2D eigenvalue weighted by Gasteiger charge is -2.10. The number of pyridine rings is 1. The molecule has 0 radical (unpaired) electrons. The first-order chi connectivity index (χ1) is 9.78. The number of hydrogen-bond acceptors (Lipinski definition) is 2. The van der Waals surface area contributed by atoms with Crippen LogP contribution >= 0.6 is 34.2 Å². The Bertz CT molecular complexity index is 760. The molecule has 0 aliphatic carbocycles. The average molecular weight is 396 g/mol. The van der Waals surface area contributed by atoms with Crippen molar-refractivity contribution in [2.45, 2.75) is 5.88 Å². The molecular formula is C16H11ClINO. The zero-order chi connectivity index (χ0) is 13.9. The summed E-state index contributed by atoms with van der Waals surface area (Å²) in [7, 11) is 0. The fourth-order valence-electron chi connectivity index (χ4n) is 2.00. The number of benzene rings is 2. The van der Waals surface area contributed by atoms with Gasteiger partial charge in [0, 0.05) is 5.39 Å². The van der Waals surface area contributed by atoms with Crippen LogP contribution in [0.4, 0.5) is 0 Å². The molecule has 0 N–H and O–H groups in total. The highest BCUT2D eigenvalue weighted by Gasteiger charge is 2.09. The number of hydrogen-bond donors (Lipinski definition) is 0. The van der Waals surface area contributed by atoms with Gasteiger partial charge in [0.25, 0.3) is 0 Å². The number of ether oxygens (including phenoxy) is 1. The van der Waals surface area contributed by atoms with Gasteiger partial charge in [-0.2, -0.15) is 0 Å². The molecule has 0 aliphatic heterocycles. The zero-order valence-corrected chi connectivity index (χ0v) is 13.4. The lowest BCUT2D eigenvalue weighted by molar-refractivity contribution is 0.464. The smallest absolute Gasteiger partial charge is 0.227 e. The summed E-state index contributed by atoms with van der Waals surface area (Å²) in [6.45, 7) is 0. The molecule has 0 saturated carbocycles. The summed E-state index contributed by atoms with van der Waals surface area (Å²) in [6, 6.07) is 17.9. The number of para-hydroxylation sites is 1. The van der Waals surface area contributed by atoms with Gasteiger partial charge in [-0.05, 0) is 52.2 Å². The standard InChI is InChI=1S/C16H11ClINO/c17-10-12-9-11-5-1-2-6-13(11)16(19-12)20-15-8-4-3-7-14(15)18/h1-9H,10H2. The second-order valence-corrected chi connectivity index (χ2v) is 5.74. The van der Waals surface area contributed by atoms with Crippen molar-refractivity contribution in [1.82, 2.24) is 4.98 Å². The first kappa shape index (κ1) is 13.6. The molecule has 100 valence electrons. The van der Waals surface area contributed by atoms with Crippen LogP contribution in [-0.4, -0.2) is 4.98 Å². The maximum Gasteiger partial charge on any atom is 0.227 e. The first-order valence-corrected chi connectivity index (χ1v) is 7.76. The van der Waals surface area contributed by atoms with Crippen LogP contribution in [0.15, 0.2) is 54.6 Å². The third-order valence-corrected chi connectivity index (χ3v) is 4.10. The van der Waals surface area contributed by atoms with Crippen molar-refractivity contribution in [3.63, 3.8) is 0 Å². The van der Waals surface area contributed by atoms with Crippen molar-refractivity contribution in [2.24, 2.45) is 0 Å². The van der Waals surface area contributed by atoms with Crippen LogP contribution in [0, 0.1) is 3.57 Å². The van der Waals surface area contributed by atoms with Gasteiger partial charge in [-0.15, -0.1) is 11.6 Å². The van der Waals surface area contributed by atoms with Gasteiger partial charge in [0.15, 0.2) is 0 Å². The summed E-state index contributed by atoms with van der Waals surface area (Å²) in [5.41, 5.74) is 0.811. The molecule has 0 aliphatic rings. The van der Waals surface area contributed by atoms with E-state index in [-0.39, 0.29) is 0 Å². The van der Waals surface area contributed by atoms with E-state index in [2.05, 4.69) is 27.6 Å². The second kappa shape index (κ2) is 5.97. The van der Waals surface area contributed by atoms with Crippen molar-refractivity contribution >= 4 is 45.0 Å². The lowest BCUT2D eigenvalue weighted by Crippen LogP contribution is -1.94. The number of fused-ring (bicyclic) bond motifs is 1. The Morgan fingerprint density at radius 3 is 2.60 bits per heavy atom. The number of halogens is 2. The number of alkyl halides is 1. The fourth-order valence-corrected chi connectivity index (χ4v) is 2.63. The Morgan fingerprint density at radius 1 is 1.05 bits per heavy atom. The predicted molar refractivity (Wildman–Crippen MR) is 90.5 cm³/mol. The van der Waals surface area contributed by atoms with Crippen LogP contribution in [0.2, 0.25) is 0 Å². The van der Waals surface area contributed by atoms with Crippen LogP contribution in [0.1, 0.15) is 5.69 Å². The van der Waals surface area contributed by atoms with E-state index in [4.69, 9.17) is 16.3 Å². The molecule has 3 rings (SSSR count). The summed E-state index contributed by atoms with van der Waals surface area (Å²) in [4.78, 5) is 4.50. The molecule has 1 aromatic heterocycles. The molecule has 0 spiro atoms. The number of aromatic nitrogens is 1. The Kier molecular flexibility index (Phi) is 4.08. The van der Waals surface area contributed by atoms with E-state index in [1.54, 1.807) is 0 Å². The van der Waals surface area contributed by atoms with E-state index < -0.39 is 0 Å². The van der Waals surface area contributed by atoms with Gasteiger partial charge in [0.1, 0.15) is 5.75 Å². The SMILES string of the molecule is ClCc1cc2ccccc2c(Oc2ccccc2I)n1. The Morgan fingerprint density at radius 2 is 1.80 bits per heavy atom. The van der Waals surface area contributed by atoms with E-state index in [0.717, 1.165) is 25.8 Å². The molecule has 2 nitrogen and oxygen atoms in total. The summed E-state index contributed by atoms with van der Waals surface area (Å²) in [5, 5.41) is 2.07. The quantitative estimate of drug-likeness (QED) is 0.439. The van der Waals surface area contributed by atoms with E-state index in [1.165, 1.54) is 0 Å². The molecule has 0 saturated heterocycles. The summed E-state index contributed by atoms with van der Waals surface area (Å²) in [6.07, 6.45) is 0. The Hall–Kier alpha value is -1.33. The van der Waals surface area contributed by atoms with Gasteiger partial charge in [-0.3, -0.25) is 0 Å². The highest BCUT2D eigenvalue weighted by Crippen LogP contribution is 2.31. The summed E-state index contributed by atoms with van der Waals surface area (Å²) >= 11 is 8.16. The topological polar surface area (TPSA) is 22.1 Å². The molecule has 4 heteroatoms. The van der Waals surface area contributed by atoms with Gasteiger partial charge in [0.05, 0.1) is 15.1 Å². The Balaban J connectivity index is 2.13. The molecule has 3 aromatic rings. The molecule has 0 bridgehead atoms. The van der Waals surface area contributed by atoms with E-state index in [0.29, 0.717) is 11.8 Å².